The number of halogens is 1. The topological polar surface area (TPSA) is 87.2 Å². The molecule has 216 valence electrons. The molecule has 10 heteroatoms. The van der Waals surface area contributed by atoms with Crippen molar-refractivity contribution >= 4 is 50.5 Å². The zero-order valence-electron chi connectivity index (χ0n) is 23.4. The SMILES string of the molecule is COc1ccc(N(Cc2ccccc2)S(=O)(=O)c2ccc(Cl)c(C(=O)N3c4ccccc4N(C)C(=O)CC3C)c2)cc1. The first-order chi connectivity index (χ1) is 20.1. The van der Waals surface area contributed by atoms with Crippen LogP contribution in [0.15, 0.2) is 102 Å². The highest BCUT2D eigenvalue weighted by atomic mass is 35.5. The lowest BCUT2D eigenvalue weighted by Gasteiger charge is -2.29. The average Bonchev–Trinajstić information content (AvgIpc) is 3.09. The Morgan fingerprint density at radius 2 is 1.60 bits per heavy atom. The Labute approximate surface area is 250 Å². The molecule has 42 heavy (non-hydrogen) atoms. The molecule has 0 N–H and O–H groups in total. The van der Waals surface area contributed by atoms with Gasteiger partial charge >= 0.3 is 0 Å². The number of hydrogen-bond acceptors (Lipinski definition) is 5. The molecule has 0 aliphatic carbocycles. The molecular formula is C32H30ClN3O5S. The summed E-state index contributed by atoms with van der Waals surface area (Å²) in [6.45, 7) is 1.85. The maximum absolute atomic E-state index is 14.2. The van der Waals surface area contributed by atoms with Crippen LogP contribution in [-0.4, -0.2) is 40.4 Å². The molecule has 5 rings (SSSR count). The van der Waals surface area contributed by atoms with E-state index in [1.54, 1.807) is 62.5 Å². The lowest BCUT2D eigenvalue weighted by atomic mass is 10.1. The second kappa shape index (κ2) is 11.9. The van der Waals surface area contributed by atoms with E-state index in [-0.39, 0.29) is 34.4 Å². The minimum absolute atomic E-state index is 0.0192. The van der Waals surface area contributed by atoms with Crippen molar-refractivity contribution < 1.29 is 22.7 Å². The molecule has 0 radical (unpaired) electrons. The highest BCUT2D eigenvalue weighted by Crippen LogP contribution is 2.37. The van der Waals surface area contributed by atoms with Gasteiger partial charge in [0.25, 0.3) is 15.9 Å². The molecule has 4 aromatic carbocycles. The fourth-order valence-corrected chi connectivity index (χ4v) is 6.69. The Morgan fingerprint density at radius 3 is 2.26 bits per heavy atom. The third-order valence-corrected chi connectivity index (χ3v) is 9.39. The van der Waals surface area contributed by atoms with Crippen LogP contribution < -0.4 is 18.8 Å². The predicted molar refractivity (Wildman–Crippen MR) is 165 cm³/mol. The summed E-state index contributed by atoms with van der Waals surface area (Å²) in [6, 6.07) is 26.7. The van der Waals surface area contributed by atoms with Crippen LogP contribution in [0.1, 0.15) is 29.3 Å². The summed E-state index contributed by atoms with van der Waals surface area (Å²) >= 11 is 6.55. The molecule has 0 saturated carbocycles. The molecule has 1 unspecified atom stereocenters. The molecule has 0 aromatic heterocycles. The van der Waals surface area contributed by atoms with E-state index in [2.05, 4.69) is 0 Å². The van der Waals surface area contributed by atoms with Gasteiger partial charge in [-0.15, -0.1) is 0 Å². The van der Waals surface area contributed by atoms with E-state index in [0.29, 0.717) is 22.8 Å². The van der Waals surface area contributed by atoms with Crippen LogP contribution in [0.4, 0.5) is 17.1 Å². The van der Waals surface area contributed by atoms with Crippen molar-refractivity contribution in [3.8, 4) is 5.75 Å². The van der Waals surface area contributed by atoms with Crippen LogP contribution in [0.5, 0.6) is 5.75 Å². The number of sulfonamides is 1. The number of fused-ring (bicyclic) bond motifs is 1. The molecule has 1 aliphatic rings. The average molecular weight is 604 g/mol. The Hall–Kier alpha value is -4.34. The van der Waals surface area contributed by atoms with Crippen LogP contribution >= 0.6 is 11.6 Å². The first-order valence-electron chi connectivity index (χ1n) is 13.3. The van der Waals surface area contributed by atoms with Gasteiger partial charge in [-0.25, -0.2) is 8.42 Å². The van der Waals surface area contributed by atoms with E-state index in [1.165, 1.54) is 39.4 Å². The second-order valence-electron chi connectivity index (χ2n) is 10.0. The van der Waals surface area contributed by atoms with Gasteiger partial charge in [0.15, 0.2) is 0 Å². The maximum Gasteiger partial charge on any atom is 0.264 e. The summed E-state index contributed by atoms with van der Waals surface area (Å²) in [5.74, 6) is -0.0472. The maximum atomic E-state index is 14.2. The molecule has 0 fully saturated rings. The normalized spacial score (nSPS) is 15.1. The van der Waals surface area contributed by atoms with Crippen molar-refractivity contribution in [2.24, 2.45) is 0 Å². The Morgan fingerprint density at radius 1 is 0.952 bits per heavy atom. The van der Waals surface area contributed by atoms with E-state index >= 15 is 0 Å². The zero-order valence-corrected chi connectivity index (χ0v) is 25.0. The lowest BCUT2D eigenvalue weighted by Crippen LogP contribution is -2.39. The number of carbonyl (C=O) groups excluding carboxylic acids is 2. The highest BCUT2D eigenvalue weighted by Gasteiger charge is 2.34. The first kappa shape index (κ1) is 29.2. The van der Waals surface area contributed by atoms with E-state index in [9.17, 15) is 18.0 Å². The predicted octanol–water partition coefficient (Wildman–Crippen LogP) is 6.15. The first-order valence-corrected chi connectivity index (χ1v) is 15.1. The Kier molecular flexibility index (Phi) is 8.24. The summed E-state index contributed by atoms with van der Waals surface area (Å²) in [5, 5.41) is 0.103. The molecular weight excluding hydrogens is 574 g/mol. The van der Waals surface area contributed by atoms with Gasteiger partial charge < -0.3 is 14.5 Å². The number of benzene rings is 4. The molecule has 1 heterocycles. The summed E-state index contributed by atoms with van der Waals surface area (Å²) in [6.07, 6.45) is 0.0921. The smallest absolute Gasteiger partial charge is 0.264 e. The minimum Gasteiger partial charge on any atom is -0.497 e. The highest BCUT2D eigenvalue weighted by molar-refractivity contribution is 7.92. The van der Waals surface area contributed by atoms with Crippen molar-refractivity contribution in [3.63, 3.8) is 0 Å². The van der Waals surface area contributed by atoms with Gasteiger partial charge in [-0.3, -0.25) is 13.9 Å². The van der Waals surface area contributed by atoms with Crippen LogP contribution in [0.25, 0.3) is 0 Å². The van der Waals surface area contributed by atoms with Crippen LogP contribution in [-0.2, 0) is 21.4 Å². The van der Waals surface area contributed by atoms with Gasteiger partial charge in [0.05, 0.1) is 46.2 Å². The molecule has 0 bridgehead atoms. The number of nitrogens with zero attached hydrogens (tertiary/aromatic N) is 3. The number of ether oxygens (including phenoxy) is 1. The number of carbonyl (C=O) groups is 2. The standard InChI is InChI=1S/C32H30ClN3O5S/c1-22-19-31(37)34(2)29-11-7-8-12-30(29)36(22)32(38)27-20-26(17-18-28(27)33)42(39,40)35(21-23-9-5-4-6-10-23)24-13-15-25(41-3)16-14-24/h4-18,20,22H,19,21H2,1-3H3. The molecule has 0 spiro atoms. The monoisotopic (exact) mass is 603 g/mol. The van der Waals surface area contributed by atoms with Gasteiger partial charge in [-0.1, -0.05) is 54.1 Å². The quantitative estimate of drug-likeness (QED) is 0.253. The van der Waals surface area contributed by atoms with Crippen molar-refractivity contribution in [1.82, 2.24) is 0 Å². The van der Waals surface area contributed by atoms with Gasteiger partial charge in [-0.2, -0.15) is 0 Å². The molecule has 1 atom stereocenters. The summed E-state index contributed by atoms with van der Waals surface area (Å²) in [4.78, 5) is 29.9. The molecule has 1 aliphatic heterocycles. The Balaban J connectivity index is 1.58. The number of rotatable bonds is 7. The van der Waals surface area contributed by atoms with Crippen molar-refractivity contribution in [2.75, 3.05) is 28.3 Å². The summed E-state index contributed by atoms with van der Waals surface area (Å²) in [7, 11) is -0.965. The summed E-state index contributed by atoms with van der Waals surface area (Å²) in [5.41, 5.74) is 2.35. The molecule has 4 aromatic rings. The van der Waals surface area contributed by atoms with Crippen LogP contribution in [0.3, 0.4) is 0 Å². The van der Waals surface area contributed by atoms with Gasteiger partial charge in [0.2, 0.25) is 5.91 Å². The van der Waals surface area contributed by atoms with E-state index in [4.69, 9.17) is 16.3 Å². The van der Waals surface area contributed by atoms with Crippen LogP contribution in [0, 0.1) is 0 Å². The summed E-state index contributed by atoms with van der Waals surface area (Å²) < 4.78 is 35.0. The molecule has 8 nitrogen and oxygen atoms in total. The number of anilines is 3. The fourth-order valence-electron chi connectivity index (χ4n) is 5.01. The van der Waals surface area contributed by atoms with E-state index in [0.717, 1.165) is 5.56 Å². The molecule has 0 saturated heterocycles. The van der Waals surface area contributed by atoms with Crippen molar-refractivity contribution in [1.29, 1.82) is 0 Å². The zero-order chi connectivity index (χ0) is 30.0. The number of amides is 2. The van der Waals surface area contributed by atoms with Crippen LogP contribution in [0.2, 0.25) is 5.02 Å². The number of para-hydroxylation sites is 2. The molecule has 2 amide bonds. The largest absolute Gasteiger partial charge is 0.497 e. The number of hydrogen-bond donors (Lipinski definition) is 0. The minimum atomic E-state index is -4.17. The third kappa shape index (κ3) is 5.57. The number of methoxy groups -OCH3 is 1. The van der Waals surface area contributed by atoms with E-state index < -0.39 is 22.0 Å². The lowest BCUT2D eigenvalue weighted by molar-refractivity contribution is -0.118. The fraction of sp³-hybridized carbons (Fsp3) is 0.188. The van der Waals surface area contributed by atoms with Gasteiger partial charge in [-0.05, 0) is 67.1 Å². The van der Waals surface area contributed by atoms with Crippen molar-refractivity contribution in [2.45, 2.75) is 30.8 Å². The Bertz CT molecular complexity index is 1730. The van der Waals surface area contributed by atoms with Gasteiger partial charge in [0.1, 0.15) is 5.75 Å². The third-order valence-electron chi connectivity index (χ3n) is 7.29. The van der Waals surface area contributed by atoms with E-state index in [1.807, 2.05) is 30.3 Å². The second-order valence-corrected chi connectivity index (χ2v) is 12.3. The van der Waals surface area contributed by atoms with Gasteiger partial charge in [0, 0.05) is 19.5 Å². The van der Waals surface area contributed by atoms with Crippen molar-refractivity contribution in [3.05, 3.63) is 113 Å².